The molecule has 4 nitrogen and oxygen atoms in total. The van der Waals surface area contributed by atoms with Crippen LogP contribution in [0, 0.1) is 17.8 Å². The molecule has 0 aliphatic rings. The van der Waals surface area contributed by atoms with Gasteiger partial charge in [-0.2, -0.15) is 0 Å². The van der Waals surface area contributed by atoms with Gasteiger partial charge in [-0.15, -0.1) is 0 Å². The van der Waals surface area contributed by atoms with E-state index in [2.05, 4.69) is 17.1 Å². The second kappa shape index (κ2) is 7.35. The summed E-state index contributed by atoms with van der Waals surface area (Å²) in [5.74, 6) is 4.90. The molecule has 0 aromatic heterocycles. The maximum Gasteiger partial charge on any atom is 0.374 e. The summed E-state index contributed by atoms with van der Waals surface area (Å²) >= 11 is 5.87. The van der Waals surface area contributed by atoms with Crippen molar-refractivity contribution in [3.8, 4) is 11.8 Å². The van der Waals surface area contributed by atoms with Crippen LogP contribution in [0.2, 0.25) is 11.8 Å². The Morgan fingerprint density at radius 2 is 2.10 bits per heavy atom. The Balaban J connectivity index is 3.11. The monoisotopic (exact) mass is 293 g/mol. The molecular formula is C14H17BClNO3. The van der Waals surface area contributed by atoms with Crippen molar-refractivity contribution in [2.75, 3.05) is 0 Å². The van der Waals surface area contributed by atoms with E-state index in [0.29, 0.717) is 10.6 Å². The normalized spacial score (nSPS) is 11.7. The average molecular weight is 294 g/mol. The average Bonchev–Trinajstić information content (AvgIpc) is 2.33. The molecule has 3 N–H and O–H groups in total. The molecule has 0 aliphatic heterocycles. The van der Waals surface area contributed by atoms with Crippen molar-refractivity contribution in [3.05, 3.63) is 34.3 Å². The van der Waals surface area contributed by atoms with Crippen LogP contribution in [0.15, 0.2) is 18.2 Å². The van der Waals surface area contributed by atoms with Gasteiger partial charge in [0.15, 0.2) is 0 Å². The smallest absolute Gasteiger partial charge is 0.374 e. The number of carboxylic acid groups (broad SMARTS) is 1. The lowest BCUT2D eigenvalue weighted by atomic mass is 9.85. The van der Waals surface area contributed by atoms with Crippen molar-refractivity contribution >= 4 is 24.6 Å². The first kappa shape index (κ1) is 16.6. The Kier molecular flexibility index (Phi) is 6.09. The van der Waals surface area contributed by atoms with Crippen molar-refractivity contribution in [3.63, 3.8) is 0 Å². The van der Waals surface area contributed by atoms with Crippen molar-refractivity contribution in [2.24, 2.45) is 5.92 Å². The zero-order valence-electron chi connectivity index (χ0n) is 11.6. The summed E-state index contributed by atoms with van der Waals surface area (Å²) in [5, 5.41) is 21.8. The zero-order chi connectivity index (χ0) is 15.3. The SMILES string of the molecule is CB(O)N[C@@H](C#Cc1cc(Cl)ccc1C(=O)O)C(C)C. The molecule has 0 saturated heterocycles. The van der Waals surface area contributed by atoms with E-state index in [0.717, 1.165) is 0 Å². The molecule has 0 radical (unpaired) electrons. The number of halogens is 1. The van der Waals surface area contributed by atoms with Crippen LogP contribution in [0.5, 0.6) is 0 Å². The highest BCUT2D eigenvalue weighted by Gasteiger charge is 2.15. The summed E-state index contributed by atoms with van der Waals surface area (Å²) in [6.07, 6.45) is 0. The third-order valence-electron chi connectivity index (χ3n) is 2.66. The van der Waals surface area contributed by atoms with Crippen molar-refractivity contribution in [1.29, 1.82) is 0 Å². The highest BCUT2D eigenvalue weighted by Crippen LogP contribution is 2.15. The molecule has 0 unspecified atom stereocenters. The van der Waals surface area contributed by atoms with Gasteiger partial charge in [0.2, 0.25) is 0 Å². The maximum atomic E-state index is 11.1. The number of rotatable bonds is 4. The van der Waals surface area contributed by atoms with Crippen LogP contribution in [0.4, 0.5) is 0 Å². The van der Waals surface area contributed by atoms with Crippen LogP contribution in [-0.2, 0) is 0 Å². The predicted octanol–water partition coefficient (Wildman–Crippen LogP) is 2.11. The van der Waals surface area contributed by atoms with Crippen molar-refractivity contribution in [1.82, 2.24) is 5.23 Å². The minimum atomic E-state index is -1.05. The third kappa shape index (κ3) is 4.89. The summed E-state index contributed by atoms with van der Waals surface area (Å²) in [7, 11) is -0.685. The van der Waals surface area contributed by atoms with Gasteiger partial charge < -0.3 is 15.4 Å². The van der Waals surface area contributed by atoms with E-state index in [9.17, 15) is 9.82 Å². The molecule has 0 heterocycles. The van der Waals surface area contributed by atoms with Crippen LogP contribution < -0.4 is 5.23 Å². The van der Waals surface area contributed by atoms with E-state index in [1.54, 1.807) is 6.82 Å². The van der Waals surface area contributed by atoms with Crippen molar-refractivity contribution < 1.29 is 14.9 Å². The minimum absolute atomic E-state index is 0.112. The Labute approximate surface area is 124 Å². The molecule has 1 atom stereocenters. The molecule has 0 aliphatic carbocycles. The van der Waals surface area contributed by atoms with Gasteiger partial charge in [-0.1, -0.05) is 37.3 Å². The van der Waals surface area contributed by atoms with Crippen LogP contribution >= 0.6 is 11.6 Å². The molecule has 0 spiro atoms. The van der Waals surface area contributed by atoms with Gasteiger partial charge in [-0.25, -0.2) is 4.79 Å². The molecule has 1 aromatic rings. The van der Waals surface area contributed by atoms with E-state index < -0.39 is 13.0 Å². The molecule has 6 heteroatoms. The van der Waals surface area contributed by atoms with Crippen LogP contribution in [0.1, 0.15) is 29.8 Å². The fourth-order valence-electron chi connectivity index (χ4n) is 1.62. The first-order valence-corrected chi connectivity index (χ1v) is 6.67. The van der Waals surface area contributed by atoms with Gasteiger partial charge in [0.05, 0.1) is 11.6 Å². The van der Waals surface area contributed by atoms with Gasteiger partial charge >= 0.3 is 13.0 Å². The number of hydrogen-bond donors (Lipinski definition) is 3. The molecule has 0 amide bonds. The molecule has 20 heavy (non-hydrogen) atoms. The molecule has 0 saturated carbocycles. The number of nitrogens with one attached hydrogen (secondary N) is 1. The molecular weight excluding hydrogens is 276 g/mol. The van der Waals surface area contributed by atoms with Gasteiger partial charge in [0, 0.05) is 10.6 Å². The van der Waals surface area contributed by atoms with Crippen LogP contribution in [0.3, 0.4) is 0 Å². The topological polar surface area (TPSA) is 69.6 Å². The maximum absolute atomic E-state index is 11.1. The summed E-state index contributed by atoms with van der Waals surface area (Å²) in [6.45, 7) is 5.54. The largest absolute Gasteiger partial charge is 0.478 e. The molecule has 0 fully saturated rings. The second-order valence-corrected chi connectivity index (χ2v) is 5.27. The van der Waals surface area contributed by atoms with E-state index in [1.807, 2.05) is 13.8 Å². The molecule has 106 valence electrons. The number of benzene rings is 1. The van der Waals surface area contributed by atoms with Crippen LogP contribution in [0.25, 0.3) is 0 Å². The summed E-state index contributed by atoms with van der Waals surface area (Å²) in [4.78, 5) is 11.1. The Hall–Kier alpha value is -1.48. The fourth-order valence-corrected chi connectivity index (χ4v) is 1.79. The lowest BCUT2D eigenvalue weighted by molar-refractivity contribution is 0.0696. The fraction of sp³-hybridized carbons (Fsp3) is 0.357. The highest BCUT2D eigenvalue weighted by molar-refractivity contribution is 6.45. The van der Waals surface area contributed by atoms with Crippen molar-refractivity contribution in [2.45, 2.75) is 26.7 Å². The van der Waals surface area contributed by atoms with E-state index in [1.165, 1.54) is 18.2 Å². The number of hydrogen-bond acceptors (Lipinski definition) is 3. The third-order valence-corrected chi connectivity index (χ3v) is 2.90. The summed E-state index contributed by atoms with van der Waals surface area (Å²) < 4.78 is 0. The Morgan fingerprint density at radius 3 is 2.60 bits per heavy atom. The summed E-state index contributed by atoms with van der Waals surface area (Å²) in [5.41, 5.74) is 0.476. The second-order valence-electron chi connectivity index (χ2n) is 4.83. The lowest BCUT2D eigenvalue weighted by Gasteiger charge is -2.17. The van der Waals surface area contributed by atoms with E-state index in [-0.39, 0.29) is 17.5 Å². The Bertz CT molecular complexity index is 549. The summed E-state index contributed by atoms with van der Waals surface area (Å²) in [6, 6.07) is 4.24. The first-order valence-electron chi connectivity index (χ1n) is 6.29. The molecule has 1 rings (SSSR count). The van der Waals surface area contributed by atoms with E-state index >= 15 is 0 Å². The first-order chi connectivity index (χ1) is 9.31. The number of carbonyl (C=O) groups is 1. The minimum Gasteiger partial charge on any atom is -0.478 e. The van der Waals surface area contributed by atoms with E-state index in [4.69, 9.17) is 16.7 Å². The lowest BCUT2D eigenvalue weighted by Crippen LogP contribution is -2.42. The zero-order valence-corrected chi connectivity index (χ0v) is 12.4. The van der Waals surface area contributed by atoms with Gasteiger partial charge in [-0.3, -0.25) is 0 Å². The molecule has 0 bridgehead atoms. The quantitative estimate of drug-likeness (QED) is 0.587. The highest BCUT2D eigenvalue weighted by atomic mass is 35.5. The number of aromatic carboxylic acids is 1. The van der Waals surface area contributed by atoms with Gasteiger partial charge in [0.1, 0.15) is 0 Å². The Morgan fingerprint density at radius 1 is 1.45 bits per heavy atom. The standard InChI is InChI=1S/C14H17BClNO3/c1-9(2)13(17-15(3)20)7-4-10-8-11(16)5-6-12(10)14(18)19/h5-6,8-9,13,17,20H,1-3H3,(H,18,19)/t13-/m0/s1. The number of carboxylic acids is 1. The predicted molar refractivity (Wildman–Crippen MR) is 80.9 cm³/mol. The molecule has 1 aromatic carbocycles. The van der Waals surface area contributed by atoms with Gasteiger partial charge in [-0.05, 0) is 30.9 Å². The van der Waals surface area contributed by atoms with Gasteiger partial charge in [0.25, 0.3) is 0 Å². The van der Waals surface area contributed by atoms with Crippen LogP contribution in [-0.4, -0.2) is 29.2 Å².